The summed E-state index contributed by atoms with van der Waals surface area (Å²) in [6.45, 7) is 1.18. The molecule has 4 amide bonds. The molecule has 0 bridgehead atoms. The lowest BCUT2D eigenvalue weighted by molar-refractivity contribution is -0.134. The van der Waals surface area contributed by atoms with Gasteiger partial charge in [0.25, 0.3) is 0 Å². The minimum Gasteiger partial charge on any atom is -0.491 e. The quantitative estimate of drug-likeness (QED) is 0.572. The summed E-state index contributed by atoms with van der Waals surface area (Å²) in [4.78, 5) is 37.9. The summed E-state index contributed by atoms with van der Waals surface area (Å²) in [5.41, 5.74) is 1.51. The topological polar surface area (TPSA) is 99.8 Å². The van der Waals surface area contributed by atoms with Crippen LogP contribution in [0.5, 0.6) is 5.75 Å². The maximum Gasteiger partial charge on any atom is 0.319 e. The van der Waals surface area contributed by atoms with Crippen LogP contribution in [0.1, 0.15) is 29.9 Å². The van der Waals surface area contributed by atoms with E-state index >= 15 is 4.39 Å². The highest BCUT2D eigenvalue weighted by atomic mass is 35.5. The third-order valence-electron chi connectivity index (χ3n) is 6.28. The molecule has 2 saturated heterocycles. The molecule has 0 radical (unpaired) electrons. The second-order valence-electron chi connectivity index (χ2n) is 8.53. The van der Waals surface area contributed by atoms with Crippen molar-refractivity contribution in [3.8, 4) is 5.75 Å². The minimum absolute atomic E-state index is 0.00964. The first-order chi connectivity index (χ1) is 16.3. The maximum absolute atomic E-state index is 15.2. The first-order valence-electron chi connectivity index (χ1n) is 10.9. The molecule has 1 unspecified atom stereocenters. The van der Waals surface area contributed by atoms with Crippen molar-refractivity contribution in [1.82, 2.24) is 10.6 Å². The van der Waals surface area contributed by atoms with E-state index in [4.69, 9.17) is 16.3 Å². The lowest BCUT2D eigenvalue weighted by atomic mass is 9.85. The molecule has 2 fully saturated rings. The van der Waals surface area contributed by atoms with Crippen LogP contribution < -0.4 is 25.6 Å². The number of anilines is 2. The van der Waals surface area contributed by atoms with Gasteiger partial charge in [0.05, 0.1) is 29.9 Å². The zero-order valence-electron chi connectivity index (χ0n) is 17.9. The molecule has 178 valence electrons. The van der Waals surface area contributed by atoms with Crippen molar-refractivity contribution in [2.75, 3.05) is 29.9 Å². The maximum atomic E-state index is 15.2. The van der Waals surface area contributed by atoms with Gasteiger partial charge in [-0.25, -0.2) is 13.6 Å². The molecule has 34 heavy (non-hydrogen) atoms. The number of ether oxygens (including phenoxy) is 1. The summed E-state index contributed by atoms with van der Waals surface area (Å²) in [5, 5.41) is 7.70. The normalized spacial score (nSPS) is 19.7. The van der Waals surface area contributed by atoms with Crippen LogP contribution in [0.2, 0.25) is 5.02 Å². The molecule has 0 saturated carbocycles. The van der Waals surface area contributed by atoms with Crippen LogP contribution >= 0.6 is 11.6 Å². The number of rotatable bonds is 4. The van der Waals surface area contributed by atoms with Crippen molar-refractivity contribution in [1.29, 1.82) is 0 Å². The second kappa shape index (κ2) is 8.75. The third-order valence-corrected chi connectivity index (χ3v) is 6.51. The molecule has 2 aromatic rings. The Kier molecular flexibility index (Phi) is 5.76. The van der Waals surface area contributed by atoms with Gasteiger partial charge >= 0.3 is 6.03 Å². The Hall–Kier alpha value is -3.40. The molecule has 3 aliphatic heterocycles. The number of nitrogens with one attached hydrogen (secondary N) is 3. The summed E-state index contributed by atoms with van der Waals surface area (Å²) < 4.78 is 34.9. The van der Waals surface area contributed by atoms with Gasteiger partial charge in [-0.1, -0.05) is 11.6 Å². The summed E-state index contributed by atoms with van der Waals surface area (Å²) in [6.07, 6.45) is 0.888. The zero-order valence-corrected chi connectivity index (χ0v) is 18.7. The summed E-state index contributed by atoms with van der Waals surface area (Å²) >= 11 is 5.72. The van der Waals surface area contributed by atoms with E-state index in [1.54, 1.807) is 0 Å². The second-order valence-corrected chi connectivity index (χ2v) is 8.96. The molecule has 3 N–H and O–H groups in total. The lowest BCUT2D eigenvalue weighted by Gasteiger charge is -2.42. The monoisotopic (exact) mass is 490 g/mol. The van der Waals surface area contributed by atoms with Gasteiger partial charge in [-0.2, -0.15) is 0 Å². The number of hydrogen-bond donors (Lipinski definition) is 3. The largest absolute Gasteiger partial charge is 0.491 e. The van der Waals surface area contributed by atoms with Crippen molar-refractivity contribution in [3.63, 3.8) is 0 Å². The van der Waals surface area contributed by atoms with Crippen molar-refractivity contribution in [2.24, 2.45) is 0 Å². The van der Waals surface area contributed by atoms with Gasteiger partial charge in [0.2, 0.25) is 11.8 Å². The molecule has 11 heteroatoms. The van der Waals surface area contributed by atoms with E-state index in [0.29, 0.717) is 48.7 Å². The molecule has 2 aromatic carbocycles. The van der Waals surface area contributed by atoms with Gasteiger partial charge in [-0.05, 0) is 24.6 Å². The van der Waals surface area contributed by atoms with E-state index in [-0.39, 0.29) is 35.5 Å². The van der Waals surface area contributed by atoms with Gasteiger partial charge in [-0.3, -0.25) is 14.9 Å². The SMILES string of the molecule is O=C1CCC(c2c(F)cc(N3CC(NC(=O)Nc4ccc(Cl)cc4F)C3)c3c2CCO3)C(=O)N1. The van der Waals surface area contributed by atoms with Gasteiger partial charge in [0.15, 0.2) is 0 Å². The average Bonchev–Trinajstić information content (AvgIpc) is 3.23. The van der Waals surface area contributed by atoms with E-state index in [0.717, 1.165) is 6.07 Å². The summed E-state index contributed by atoms with van der Waals surface area (Å²) in [7, 11) is 0. The standard InChI is InChI=1S/C23H21ClF2N4O4/c24-11-1-3-17(15(25)7-11)28-23(33)27-12-9-30(10-12)18-8-16(26)20(13-5-6-34-21(13)18)14-2-4-19(31)29-22(14)32/h1,3,7-8,12,14H,2,4-6,9-10H2,(H2,27,28,33)(H,29,31,32). The Bertz CT molecular complexity index is 1200. The van der Waals surface area contributed by atoms with Gasteiger partial charge in [0.1, 0.15) is 17.4 Å². The number of carbonyl (C=O) groups is 3. The minimum atomic E-state index is -0.732. The molecule has 0 aliphatic carbocycles. The predicted molar refractivity (Wildman–Crippen MR) is 120 cm³/mol. The number of hydrogen-bond acceptors (Lipinski definition) is 5. The number of piperidine rings is 1. The highest BCUT2D eigenvalue weighted by Crippen LogP contribution is 2.44. The first kappa shape index (κ1) is 22.4. The number of imide groups is 1. The van der Waals surface area contributed by atoms with Crippen molar-refractivity contribution < 1.29 is 27.9 Å². The zero-order chi connectivity index (χ0) is 24.0. The molecule has 1 atom stereocenters. The number of amides is 4. The molecule has 5 rings (SSSR count). The van der Waals surface area contributed by atoms with Crippen LogP contribution in [0.25, 0.3) is 0 Å². The van der Waals surface area contributed by atoms with Crippen molar-refractivity contribution in [3.05, 3.63) is 52.0 Å². The van der Waals surface area contributed by atoms with Gasteiger partial charge < -0.3 is 20.3 Å². The van der Waals surface area contributed by atoms with Crippen LogP contribution in [0.15, 0.2) is 24.3 Å². The highest BCUT2D eigenvalue weighted by Gasteiger charge is 2.38. The Morgan fingerprint density at radius 2 is 1.94 bits per heavy atom. The number of fused-ring (bicyclic) bond motifs is 1. The van der Waals surface area contributed by atoms with Crippen LogP contribution in [0.3, 0.4) is 0 Å². The number of nitrogens with zero attached hydrogens (tertiary/aromatic N) is 1. The van der Waals surface area contributed by atoms with E-state index in [9.17, 15) is 18.8 Å². The number of halogens is 3. The van der Waals surface area contributed by atoms with Gasteiger partial charge in [0, 0.05) is 48.1 Å². The Morgan fingerprint density at radius 1 is 1.15 bits per heavy atom. The predicted octanol–water partition coefficient (Wildman–Crippen LogP) is 3.08. The molecule has 0 spiro atoms. The third kappa shape index (κ3) is 4.13. The number of carbonyl (C=O) groups excluding carboxylic acids is 3. The molecular weight excluding hydrogens is 470 g/mol. The first-order valence-corrected chi connectivity index (χ1v) is 11.3. The lowest BCUT2D eigenvalue weighted by Crippen LogP contribution is -2.60. The molecular formula is C23H21ClF2N4O4. The van der Waals surface area contributed by atoms with Crippen LogP contribution in [-0.2, 0) is 16.0 Å². The Morgan fingerprint density at radius 3 is 2.68 bits per heavy atom. The van der Waals surface area contributed by atoms with Crippen LogP contribution in [0.4, 0.5) is 25.0 Å². The summed E-state index contributed by atoms with van der Waals surface area (Å²) in [6, 6.07) is 4.51. The van der Waals surface area contributed by atoms with Crippen LogP contribution in [-0.4, -0.2) is 43.6 Å². The number of urea groups is 1. The number of benzene rings is 2. The molecule has 3 aliphatic rings. The Labute approximate surface area is 198 Å². The fourth-order valence-corrected chi connectivity index (χ4v) is 4.79. The van der Waals surface area contributed by atoms with Crippen LogP contribution in [0, 0.1) is 11.6 Å². The fraction of sp³-hybridized carbons (Fsp3) is 0.348. The van der Waals surface area contributed by atoms with E-state index in [1.165, 1.54) is 18.2 Å². The van der Waals surface area contributed by atoms with E-state index < -0.39 is 29.5 Å². The van der Waals surface area contributed by atoms with E-state index in [1.807, 2.05) is 4.90 Å². The smallest absolute Gasteiger partial charge is 0.319 e. The van der Waals surface area contributed by atoms with E-state index in [2.05, 4.69) is 16.0 Å². The molecule has 3 heterocycles. The van der Waals surface area contributed by atoms with Gasteiger partial charge in [-0.15, -0.1) is 0 Å². The summed E-state index contributed by atoms with van der Waals surface area (Å²) in [5.74, 6) is -2.20. The fourth-order valence-electron chi connectivity index (χ4n) is 4.63. The highest BCUT2D eigenvalue weighted by molar-refractivity contribution is 6.30. The van der Waals surface area contributed by atoms with Crippen molar-refractivity contribution in [2.45, 2.75) is 31.2 Å². The Balaban J connectivity index is 1.27. The molecule has 8 nitrogen and oxygen atoms in total. The molecule has 0 aromatic heterocycles. The average molecular weight is 491 g/mol. The van der Waals surface area contributed by atoms with Crippen molar-refractivity contribution >= 4 is 40.8 Å².